The van der Waals surface area contributed by atoms with E-state index in [1.54, 1.807) is 24.3 Å². The number of hydrogen-bond donors (Lipinski definition) is 1. The summed E-state index contributed by atoms with van der Waals surface area (Å²) in [6.45, 7) is 4.17. The van der Waals surface area contributed by atoms with E-state index in [4.69, 9.17) is 4.42 Å². The first-order chi connectivity index (χ1) is 14.0. The average molecular weight is 394 g/mol. The number of benzene rings is 2. The highest BCUT2D eigenvalue weighted by Crippen LogP contribution is 2.29. The van der Waals surface area contributed by atoms with E-state index in [0.29, 0.717) is 22.5 Å². The predicted molar refractivity (Wildman–Crippen MR) is 111 cm³/mol. The zero-order valence-corrected chi connectivity index (χ0v) is 16.3. The van der Waals surface area contributed by atoms with Gasteiger partial charge in [-0.15, -0.1) is 0 Å². The first-order valence-electron chi connectivity index (χ1n) is 9.85. The molecule has 1 N–H and O–H groups in total. The Balaban J connectivity index is 1.70. The lowest BCUT2D eigenvalue weighted by molar-refractivity contribution is -0.117. The van der Waals surface area contributed by atoms with Gasteiger partial charge in [-0.1, -0.05) is 31.2 Å². The van der Waals surface area contributed by atoms with E-state index >= 15 is 0 Å². The molecule has 29 heavy (non-hydrogen) atoms. The van der Waals surface area contributed by atoms with Crippen molar-refractivity contribution < 1.29 is 13.6 Å². The maximum absolute atomic E-state index is 13.4. The van der Waals surface area contributed by atoms with Gasteiger partial charge >= 0.3 is 0 Å². The van der Waals surface area contributed by atoms with Crippen molar-refractivity contribution in [2.75, 3.05) is 25.0 Å². The molecule has 0 radical (unpaired) electrons. The fourth-order valence-corrected chi connectivity index (χ4v) is 3.91. The molecule has 0 spiro atoms. The first kappa shape index (κ1) is 19.3. The molecule has 1 saturated heterocycles. The number of likely N-dealkylation sites (tertiary alicyclic amines) is 1. The number of rotatable bonds is 4. The number of nitrogens with zero attached hydrogens (tertiary/aromatic N) is 1. The SMILES string of the molecule is C[C@H]1CCCN(CC(=O)Nc2oc3ccccc3c(=O)c2-c2ccc(F)cc2)C1. The Morgan fingerprint density at radius 3 is 2.72 bits per heavy atom. The molecule has 0 unspecified atom stereocenters. The Labute approximate surface area is 168 Å². The summed E-state index contributed by atoms with van der Waals surface area (Å²) in [6.07, 6.45) is 2.24. The maximum atomic E-state index is 13.4. The Morgan fingerprint density at radius 2 is 1.97 bits per heavy atom. The highest BCUT2D eigenvalue weighted by molar-refractivity contribution is 5.97. The summed E-state index contributed by atoms with van der Waals surface area (Å²) in [6, 6.07) is 12.5. The number of nitrogens with one attached hydrogen (secondary N) is 1. The lowest BCUT2D eigenvalue weighted by atomic mass is 10.0. The van der Waals surface area contributed by atoms with Gasteiger partial charge in [-0.2, -0.15) is 0 Å². The zero-order valence-electron chi connectivity index (χ0n) is 16.3. The van der Waals surface area contributed by atoms with Crippen molar-refractivity contribution >= 4 is 22.8 Å². The Bertz CT molecular complexity index is 1090. The van der Waals surface area contributed by atoms with Crippen molar-refractivity contribution in [1.82, 2.24) is 4.90 Å². The van der Waals surface area contributed by atoms with Crippen LogP contribution in [0.4, 0.5) is 10.3 Å². The second kappa shape index (κ2) is 8.17. The number of anilines is 1. The van der Waals surface area contributed by atoms with E-state index < -0.39 is 5.82 Å². The highest BCUT2D eigenvalue weighted by Gasteiger charge is 2.22. The summed E-state index contributed by atoms with van der Waals surface area (Å²) in [5.41, 5.74) is 0.850. The molecule has 2 heterocycles. The number of fused-ring (bicyclic) bond motifs is 1. The van der Waals surface area contributed by atoms with Crippen molar-refractivity contribution in [1.29, 1.82) is 0 Å². The van der Waals surface area contributed by atoms with Crippen LogP contribution in [-0.2, 0) is 4.79 Å². The fraction of sp³-hybridized carbons (Fsp3) is 0.304. The highest BCUT2D eigenvalue weighted by atomic mass is 19.1. The smallest absolute Gasteiger partial charge is 0.240 e. The van der Waals surface area contributed by atoms with Gasteiger partial charge in [0, 0.05) is 6.54 Å². The Morgan fingerprint density at radius 1 is 1.21 bits per heavy atom. The summed E-state index contributed by atoms with van der Waals surface area (Å²) < 4.78 is 19.3. The van der Waals surface area contributed by atoms with Crippen LogP contribution in [-0.4, -0.2) is 30.4 Å². The molecule has 1 fully saturated rings. The second-order valence-corrected chi connectivity index (χ2v) is 7.67. The van der Waals surface area contributed by atoms with E-state index in [-0.39, 0.29) is 29.3 Å². The van der Waals surface area contributed by atoms with Crippen molar-refractivity contribution in [3.05, 3.63) is 64.6 Å². The van der Waals surface area contributed by atoms with Gasteiger partial charge in [0.25, 0.3) is 0 Å². The predicted octanol–water partition coefficient (Wildman–Crippen LogP) is 4.27. The van der Waals surface area contributed by atoms with Gasteiger partial charge in [0.1, 0.15) is 11.4 Å². The van der Waals surface area contributed by atoms with Crippen LogP contribution < -0.4 is 10.7 Å². The Hall–Kier alpha value is -2.99. The molecule has 1 aliphatic heterocycles. The number of carbonyl (C=O) groups excluding carboxylic acids is 1. The monoisotopic (exact) mass is 394 g/mol. The molecule has 2 aromatic carbocycles. The van der Waals surface area contributed by atoms with Crippen LogP contribution in [0.25, 0.3) is 22.1 Å². The summed E-state index contributed by atoms with van der Waals surface area (Å²) in [5, 5.41) is 3.19. The van der Waals surface area contributed by atoms with Crippen molar-refractivity contribution in [2.45, 2.75) is 19.8 Å². The minimum atomic E-state index is -0.399. The van der Waals surface area contributed by atoms with Crippen LogP contribution >= 0.6 is 0 Å². The summed E-state index contributed by atoms with van der Waals surface area (Å²) in [7, 11) is 0. The van der Waals surface area contributed by atoms with Gasteiger partial charge in [-0.25, -0.2) is 4.39 Å². The third kappa shape index (κ3) is 4.22. The third-order valence-corrected chi connectivity index (χ3v) is 5.29. The molecule has 5 nitrogen and oxygen atoms in total. The lowest BCUT2D eigenvalue weighted by Gasteiger charge is -2.30. The van der Waals surface area contributed by atoms with Crippen LogP contribution in [0.1, 0.15) is 19.8 Å². The summed E-state index contributed by atoms with van der Waals surface area (Å²) in [5.74, 6) is 0.0184. The van der Waals surface area contributed by atoms with Crippen molar-refractivity contribution in [2.24, 2.45) is 5.92 Å². The standard InChI is InChI=1S/C23H23FN2O3/c1-15-5-4-12-26(13-15)14-20(27)25-23-21(16-8-10-17(24)11-9-16)22(28)18-6-2-3-7-19(18)29-23/h2-3,6-11,15H,4-5,12-14H2,1H3,(H,25,27)/t15-/m0/s1. The summed E-state index contributed by atoms with van der Waals surface area (Å²) >= 11 is 0. The lowest BCUT2D eigenvalue weighted by Crippen LogP contribution is -2.39. The molecule has 150 valence electrons. The van der Waals surface area contributed by atoms with Crippen molar-refractivity contribution in [3.8, 4) is 11.1 Å². The van der Waals surface area contributed by atoms with E-state index in [1.807, 2.05) is 0 Å². The Kier molecular flexibility index (Phi) is 5.45. The van der Waals surface area contributed by atoms with Crippen LogP contribution in [0.15, 0.2) is 57.7 Å². The second-order valence-electron chi connectivity index (χ2n) is 7.67. The number of halogens is 1. The van der Waals surface area contributed by atoms with Crippen LogP contribution in [0.5, 0.6) is 0 Å². The van der Waals surface area contributed by atoms with E-state index in [9.17, 15) is 14.0 Å². The molecule has 6 heteroatoms. The third-order valence-electron chi connectivity index (χ3n) is 5.29. The van der Waals surface area contributed by atoms with Crippen LogP contribution in [0.2, 0.25) is 0 Å². The minimum absolute atomic E-state index is 0.0929. The van der Waals surface area contributed by atoms with Crippen LogP contribution in [0, 0.1) is 11.7 Å². The molecule has 0 saturated carbocycles. The van der Waals surface area contributed by atoms with Gasteiger partial charge < -0.3 is 4.42 Å². The number of carbonyl (C=O) groups is 1. The summed E-state index contributed by atoms with van der Waals surface area (Å²) in [4.78, 5) is 27.9. The van der Waals surface area contributed by atoms with Gasteiger partial charge in [0.05, 0.1) is 17.5 Å². The molecule has 3 aromatic rings. The number of piperidine rings is 1. The molecule has 4 rings (SSSR count). The molecular formula is C23H23FN2O3. The molecule has 1 amide bonds. The average Bonchev–Trinajstić information content (AvgIpc) is 2.69. The zero-order chi connectivity index (χ0) is 20.4. The molecule has 0 aliphatic carbocycles. The van der Waals surface area contributed by atoms with Gasteiger partial charge in [0.2, 0.25) is 17.2 Å². The normalized spacial score (nSPS) is 17.4. The number of hydrogen-bond acceptors (Lipinski definition) is 4. The first-order valence-corrected chi connectivity index (χ1v) is 9.85. The number of amides is 1. The van der Waals surface area contributed by atoms with Crippen molar-refractivity contribution in [3.63, 3.8) is 0 Å². The van der Waals surface area contributed by atoms with Gasteiger partial charge in [-0.05, 0) is 55.1 Å². The molecule has 1 aliphatic rings. The minimum Gasteiger partial charge on any atom is -0.439 e. The maximum Gasteiger partial charge on any atom is 0.240 e. The fourth-order valence-electron chi connectivity index (χ4n) is 3.91. The quantitative estimate of drug-likeness (QED) is 0.718. The molecule has 1 atom stereocenters. The number of para-hydroxylation sites is 1. The van der Waals surface area contributed by atoms with Gasteiger partial charge in [-0.3, -0.25) is 19.8 Å². The molecular weight excluding hydrogens is 371 g/mol. The molecule has 0 bridgehead atoms. The van der Waals surface area contributed by atoms with E-state index in [0.717, 1.165) is 19.5 Å². The topological polar surface area (TPSA) is 62.6 Å². The van der Waals surface area contributed by atoms with Gasteiger partial charge in [0.15, 0.2) is 0 Å². The van der Waals surface area contributed by atoms with E-state index in [1.165, 1.54) is 30.7 Å². The molecule has 1 aromatic heterocycles. The van der Waals surface area contributed by atoms with E-state index in [2.05, 4.69) is 17.1 Å². The largest absolute Gasteiger partial charge is 0.439 e. The van der Waals surface area contributed by atoms with Crippen LogP contribution in [0.3, 0.4) is 0 Å².